The SMILES string of the molecule is O=C(NC1CCCCC1)[C@H](Cc1ccccc1)N(Cc1cccc(Cl)c1)C(=O)CN(c1ccc(F)c(Cl)c1)S(=O)(=O)c1ccccc1. The molecule has 0 aromatic heterocycles. The number of rotatable bonds is 12. The van der Waals surface area contributed by atoms with E-state index < -0.39 is 34.3 Å². The lowest BCUT2D eigenvalue weighted by Gasteiger charge is -2.35. The highest BCUT2D eigenvalue weighted by Crippen LogP contribution is 2.29. The third-order valence-corrected chi connectivity index (χ3v) is 10.6. The quantitative estimate of drug-likeness (QED) is 0.167. The molecule has 2 amide bonds. The zero-order valence-corrected chi connectivity index (χ0v) is 28.0. The maximum absolute atomic E-state index is 14.6. The van der Waals surface area contributed by atoms with Crippen LogP contribution in [0, 0.1) is 5.82 Å². The molecule has 5 rings (SSSR count). The highest BCUT2D eigenvalue weighted by molar-refractivity contribution is 7.92. The highest BCUT2D eigenvalue weighted by Gasteiger charge is 2.35. The first-order chi connectivity index (χ1) is 22.6. The molecular formula is C36H36Cl2FN3O4S. The smallest absolute Gasteiger partial charge is 0.264 e. The van der Waals surface area contributed by atoms with Gasteiger partial charge in [0.25, 0.3) is 10.0 Å². The molecule has 0 spiro atoms. The van der Waals surface area contributed by atoms with Crippen molar-refractivity contribution in [2.24, 2.45) is 0 Å². The van der Waals surface area contributed by atoms with E-state index in [1.54, 1.807) is 42.5 Å². The minimum Gasteiger partial charge on any atom is -0.352 e. The Balaban J connectivity index is 1.57. The van der Waals surface area contributed by atoms with Crippen molar-refractivity contribution in [2.45, 2.75) is 62.0 Å². The van der Waals surface area contributed by atoms with Crippen molar-refractivity contribution in [3.8, 4) is 0 Å². The number of benzene rings is 4. The predicted octanol–water partition coefficient (Wildman–Crippen LogP) is 7.42. The summed E-state index contributed by atoms with van der Waals surface area (Å²) in [5.74, 6) is -1.69. The standard InChI is InChI=1S/C36H36Cl2FN3O4S/c37-28-14-10-13-27(21-28)24-41(34(22-26-11-4-1-5-12-26)36(44)40-29-15-6-2-7-16-29)35(43)25-42(30-19-20-33(39)32(38)23-30)47(45,46)31-17-8-3-9-18-31/h1,3-5,8-14,17-21,23,29,34H,2,6-7,15-16,22,24-25H2,(H,40,44)/t34-/m0/s1. The van der Waals surface area contributed by atoms with E-state index in [4.69, 9.17) is 23.2 Å². The number of nitrogens with one attached hydrogen (secondary N) is 1. The van der Waals surface area contributed by atoms with Crippen molar-refractivity contribution in [2.75, 3.05) is 10.8 Å². The Labute approximate surface area is 285 Å². The van der Waals surface area contributed by atoms with Crippen LogP contribution in [0.1, 0.15) is 43.2 Å². The molecule has 1 N–H and O–H groups in total. The maximum Gasteiger partial charge on any atom is 0.264 e. The fourth-order valence-corrected chi connectivity index (χ4v) is 7.63. The van der Waals surface area contributed by atoms with E-state index in [1.807, 2.05) is 30.3 Å². The van der Waals surface area contributed by atoms with Gasteiger partial charge in [-0.05, 0) is 66.4 Å². The number of hydrogen-bond acceptors (Lipinski definition) is 4. The third kappa shape index (κ3) is 8.91. The van der Waals surface area contributed by atoms with Crippen LogP contribution in [0.3, 0.4) is 0 Å². The number of anilines is 1. The van der Waals surface area contributed by atoms with E-state index in [2.05, 4.69) is 5.32 Å². The van der Waals surface area contributed by atoms with Crippen molar-refractivity contribution in [3.63, 3.8) is 0 Å². The van der Waals surface area contributed by atoms with Crippen LogP contribution >= 0.6 is 23.2 Å². The summed E-state index contributed by atoms with van der Waals surface area (Å²) in [6, 6.07) is 26.4. The molecule has 1 aliphatic rings. The Morgan fingerprint density at radius 2 is 1.49 bits per heavy atom. The molecule has 1 saturated carbocycles. The number of carbonyl (C=O) groups is 2. The van der Waals surface area contributed by atoms with E-state index in [1.165, 1.54) is 29.2 Å². The van der Waals surface area contributed by atoms with Gasteiger partial charge in [0, 0.05) is 24.0 Å². The zero-order chi connectivity index (χ0) is 33.4. The van der Waals surface area contributed by atoms with E-state index in [0.717, 1.165) is 48.0 Å². The van der Waals surface area contributed by atoms with Crippen molar-refractivity contribution in [1.82, 2.24) is 10.2 Å². The fraction of sp³-hybridized carbons (Fsp3) is 0.278. The summed E-state index contributed by atoms with van der Waals surface area (Å²) in [6.45, 7) is -0.694. The summed E-state index contributed by atoms with van der Waals surface area (Å²) in [6.07, 6.45) is 5.01. The summed E-state index contributed by atoms with van der Waals surface area (Å²) in [7, 11) is -4.34. The van der Waals surface area contributed by atoms with Crippen LogP contribution in [0.25, 0.3) is 0 Å². The normalized spacial score (nSPS) is 14.3. The van der Waals surface area contributed by atoms with Gasteiger partial charge in [-0.25, -0.2) is 12.8 Å². The summed E-state index contributed by atoms with van der Waals surface area (Å²) in [5.41, 5.74) is 1.50. The van der Waals surface area contributed by atoms with Crippen molar-refractivity contribution in [1.29, 1.82) is 0 Å². The van der Waals surface area contributed by atoms with E-state index in [-0.39, 0.29) is 40.5 Å². The number of carbonyl (C=O) groups excluding carboxylic acids is 2. The Bertz CT molecular complexity index is 1790. The summed E-state index contributed by atoms with van der Waals surface area (Å²) >= 11 is 12.4. The van der Waals surface area contributed by atoms with Crippen molar-refractivity contribution in [3.05, 3.63) is 130 Å². The Morgan fingerprint density at radius 1 is 0.830 bits per heavy atom. The largest absolute Gasteiger partial charge is 0.352 e. The number of amides is 2. The van der Waals surface area contributed by atoms with Gasteiger partial charge in [0.05, 0.1) is 15.6 Å². The second-order valence-electron chi connectivity index (χ2n) is 11.6. The Hall–Kier alpha value is -3.92. The topological polar surface area (TPSA) is 86.8 Å². The van der Waals surface area contributed by atoms with Crippen LogP contribution in [0.4, 0.5) is 10.1 Å². The molecule has 7 nitrogen and oxygen atoms in total. The molecule has 0 aliphatic heterocycles. The van der Waals surface area contributed by atoms with Gasteiger partial charge in [-0.1, -0.05) is 103 Å². The zero-order valence-electron chi connectivity index (χ0n) is 25.7. The van der Waals surface area contributed by atoms with Crippen molar-refractivity contribution >= 4 is 50.7 Å². The van der Waals surface area contributed by atoms with Crippen LogP contribution in [0.2, 0.25) is 10.0 Å². The molecule has 0 saturated heterocycles. The third-order valence-electron chi connectivity index (χ3n) is 8.27. The molecule has 1 atom stereocenters. The van der Waals surface area contributed by atoms with Crippen LogP contribution in [-0.4, -0.2) is 43.8 Å². The number of nitrogens with zero attached hydrogens (tertiary/aromatic N) is 2. The van der Waals surface area contributed by atoms with Gasteiger partial charge in [0.1, 0.15) is 18.4 Å². The summed E-state index contributed by atoms with van der Waals surface area (Å²) < 4.78 is 43.3. The number of halogens is 3. The molecule has 4 aromatic rings. The monoisotopic (exact) mass is 695 g/mol. The molecule has 0 bridgehead atoms. The van der Waals surface area contributed by atoms with Gasteiger partial charge in [0.15, 0.2) is 0 Å². The summed E-state index contributed by atoms with van der Waals surface area (Å²) in [5, 5.41) is 3.33. The Morgan fingerprint density at radius 3 is 2.15 bits per heavy atom. The van der Waals surface area contributed by atoms with Gasteiger partial charge in [0.2, 0.25) is 11.8 Å². The van der Waals surface area contributed by atoms with Gasteiger partial charge in [-0.3, -0.25) is 13.9 Å². The molecule has 1 fully saturated rings. The van der Waals surface area contributed by atoms with E-state index in [0.29, 0.717) is 10.6 Å². The van der Waals surface area contributed by atoms with Gasteiger partial charge in [-0.15, -0.1) is 0 Å². The minimum atomic E-state index is -4.34. The van der Waals surface area contributed by atoms with Gasteiger partial charge in [-0.2, -0.15) is 0 Å². The molecule has 11 heteroatoms. The molecule has 0 unspecified atom stereocenters. The van der Waals surface area contributed by atoms with Crippen LogP contribution < -0.4 is 9.62 Å². The molecule has 47 heavy (non-hydrogen) atoms. The first-order valence-corrected chi connectivity index (χ1v) is 17.7. The predicted molar refractivity (Wildman–Crippen MR) is 183 cm³/mol. The van der Waals surface area contributed by atoms with Gasteiger partial charge >= 0.3 is 0 Å². The fourth-order valence-electron chi connectivity index (χ4n) is 5.82. The molecule has 246 valence electrons. The second kappa shape index (κ2) is 15.8. The van der Waals surface area contributed by atoms with Crippen molar-refractivity contribution < 1.29 is 22.4 Å². The van der Waals surface area contributed by atoms with E-state index >= 15 is 0 Å². The average Bonchev–Trinajstić information content (AvgIpc) is 3.07. The van der Waals surface area contributed by atoms with Crippen LogP contribution in [-0.2, 0) is 32.6 Å². The van der Waals surface area contributed by atoms with Gasteiger partial charge < -0.3 is 10.2 Å². The first-order valence-electron chi connectivity index (χ1n) is 15.5. The lowest BCUT2D eigenvalue weighted by atomic mass is 9.94. The number of sulfonamides is 1. The highest BCUT2D eigenvalue weighted by atomic mass is 35.5. The maximum atomic E-state index is 14.6. The van der Waals surface area contributed by atoms with Crippen LogP contribution in [0.5, 0.6) is 0 Å². The van der Waals surface area contributed by atoms with Crippen LogP contribution in [0.15, 0.2) is 108 Å². The summed E-state index contributed by atoms with van der Waals surface area (Å²) in [4.78, 5) is 30.1. The molecule has 0 radical (unpaired) electrons. The average molecular weight is 697 g/mol. The Kier molecular flexibility index (Phi) is 11.6. The molecular weight excluding hydrogens is 660 g/mol. The number of hydrogen-bond donors (Lipinski definition) is 1. The second-order valence-corrected chi connectivity index (χ2v) is 14.3. The first kappa shape index (κ1) is 34.4. The molecule has 4 aromatic carbocycles. The lowest BCUT2D eigenvalue weighted by molar-refractivity contribution is -0.140. The van der Waals surface area contributed by atoms with E-state index in [9.17, 15) is 22.4 Å². The molecule has 0 heterocycles. The lowest BCUT2D eigenvalue weighted by Crippen LogP contribution is -2.55. The molecule has 1 aliphatic carbocycles. The minimum absolute atomic E-state index is 0.00238.